The Morgan fingerprint density at radius 2 is 1.86 bits per heavy atom. The lowest BCUT2D eigenvalue weighted by Crippen LogP contribution is -2.31. The number of amides is 2. The Kier molecular flexibility index (Phi) is 7.20. The molecule has 1 unspecified atom stereocenters. The number of carbonyl (C=O) groups is 2. The van der Waals surface area contributed by atoms with E-state index in [1.807, 2.05) is 61.5 Å². The average Bonchev–Trinajstić information content (AvgIpc) is 3.23. The Hall–Kier alpha value is -2.66. The van der Waals surface area contributed by atoms with Crippen molar-refractivity contribution < 1.29 is 14.3 Å². The molecule has 0 aliphatic carbocycles. The van der Waals surface area contributed by atoms with E-state index in [1.165, 1.54) is 0 Å². The first-order chi connectivity index (χ1) is 13.7. The Bertz CT molecular complexity index is 768. The molecule has 3 rings (SSSR count). The molecular formula is C23H28N2O3. The first kappa shape index (κ1) is 20.1. The molecule has 28 heavy (non-hydrogen) atoms. The third-order valence-electron chi connectivity index (χ3n) is 5.00. The summed E-state index contributed by atoms with van der Waals surface area (Å²) in [5.41, 5.74) is 2.59. The molecule has 2 aromatic carbocycles. The maximum absolute atomic E-state index is 12.7. The van der Waals surface area contributed by atoms with E-state index in [2.05, 4.69) is 5.32 Å². The van der Waals surface area contributed by atoms with E-state index in [1.54, 1.807) is 4.90 Å². The van der Waals surface area contributed by atoms with E-state index in [0.717, 1.165) is 42.8 Å². The Morgan fingerprint density at radius 3 is 2.50 bits per heavy atom. The second-order valence-corrected chi connectivity index (χ2v) is 7.07. The van der Waals surface area contributed by atoms with Crippen LogP contribution in [0.25, 0.3) is 0 Å². The van der Waals surface area contributed by atoms with Gasteiger partial charge >= 0.3 is 0 Å². The van der Waals surface area contributed by atoms with Crippen LogP contribution in [-0.2, 0) is 20.7 Å². The largest absolute Gasteiger partial charge is 0.378 e. The molecule has 1 heterocycles. The normalized spacial score (nSPS) is 16.0. The van der Waals surface area contributed by atoms with Gasteiger partial charge in [0.05, 0.1) is 12.5 Å². The van der Waals surface area contributed by atoms with Gasteiger partial charge in [0, 0.05) is 30.9 Å². The van der Waals surface area contributed by atoms with Gasteiger partial charge < -0.3 is 15.0 Å². The number of hydrogen-bond donors (Lipinski definition) is 1. The summed E-state index contributed by atoms with van der Waals surface area (Å²) in [4.78, 5) is 26.5. The first-order valence-electron chi connectivity index (χ1n) is 10.0. The SMILES string of the molecule is CCN(C(=O)Cc1ccc(NC(=O)CCC2CCCO2)cc1)c1ccccc1. The van der Waals surface area contributed by atoms with E-state index in [-0.39, 0.29) is 17.9 Å². The molecular weight excluding hydrogens is 352 g/mol. The third kappa shape index (κ3) is 5.67. The Labute approximate surface area is 166 Å². The van der Waals surface area contributed by atoms with Gasteiger partial charge in [0.1, 0.15) is 0 Å². The van der Waals surface area contributed by atoms with E-state index in [4.69, 9.17) is 4.74 Å². The van der Waals surface area contributed by atoms with Gasteiger partial charge in [-0.25, -0.2) is 0 Å². The molecule has 1 atom stereocenters. The summed E-state index contributed by atoms with van der Waals surface area (Å²) in [5.74, 6) is 0.0580. The summed E-state index contributed by atoms with van der Waals surface area (Å²) in [6.07, 6.45) is 3.93. The summed E-state index contributed by atoms with van der Waals surface area (Å²) < 4.78 is 5.55. The lowest BCUT2D eigenvalue weighted by atomic mass is 10.1. The van der Waals surface area contributed by atoms with E-state index in [0.29, 0.717) is 19.4 Å². The molecule has 1 N–H and O–H groups in total. The van der Waals surface area contributed by atoms with Crippen LogP contribution >= 0.6 is 0 Å². The predicted molar refractivity (Wildman–Crippen MR) is 111 cm³/mol. The monoisotopic (exact) mass is 380 g/mol. The number of nitrogens with zero attached hydrogens (tertiary/aromatic N) is 1. The number of ether oxygens (including phenoxy) is 1. The van der Waals surface area contributed by atoms with Gasteiger partial charge in [-0.2, -0.15) is 0 Å². The Morgan fingerprint density at radius 1 is 1.11 bits per heavy atom. The standard InChI is InChI=1S/C23H28N2O3/c1-2-25(20-7-4-3-5-8-20)23(27)17-18-10-12-19(13-11-18)24-22(26)15-14-21-9-6-16-28-21/h3-5,7-8,10-13,21H,2,6,9,14-17H2,1H3,(H,24,26). The minimum Gasteiger partial charge on any atom is -0.378 e. The molecule has 1 fully saturated rings. The lowest BCUT2D eigenvalue weighted by molar-refractivity contribution is -0.118. The van der Waals surface area contributed by atoms with Crippen molar-refractivity contribution in [3.63, 3.8) is 0 Å². The second-order valence-electron chi connectivity index (χ2n) is 7.07. The quantitative estimate of drug-likeness (QED) is 0.747. The number of para-hydroxylation sites is 1. The van der Waals surface area contributed by atoms with Gasteiger partial charge in [0.25, 0.3) is 0 Å². The molecule has 0 aromatic heterocycles. The maximum atomic E-state index is 12.7. The zero-order valence-electron chi connectivity index (χ0n) is 16.4. The molecule has 1 saturated heterocycles. The van der Waals surface area contributed by atoms with Gasteiger partial charge in [0.15, 0.2) is 0 Å². The highest BCUT2D eigenvalue weighted by atomic mass is 16.5. The topological polar surface area (TPSA) is 58.6 Å². The third-order valence-corrected chi connectivity index (χ3v) is 5.00. The van der Waals surface area contributed by atoms with Crippen LogP contribution in [0, 0.1) is 0 Å². The number of benzene rings is 2. The van der Waals surface area contributed by atoms with E-state index < -0.39 is 0 Å². The van der Waals surface area contributed by atoms with Crippen LogP contribution in [0.1, 0.15) is 38.2 Å². The number of rotatable bonds is 8. The molecule has 0 bridgehead atoms. The number of hydrogen-bond acceptors (Lipinski definition) is 3. The van der Waals surface area contributed by atoms with Crippen LogP contribution in [0.2, 0.25) is 0 Å². The summed E-state index contributed by atoms with van der Waals surface area (Å²) >= 11 is 0. The highest BCUT2D eigenvalue weighted by molar-refractivity contribution is 5.95. The van der Waals surface area contributed by atoms with Gasteiger partial charge in [-0.05, 0) is 56.0 Å². The molecule has 0 spiro atoms. The Balaban J connectivity index is 1.50. The molecule has 1 aliphatic rings. The number of anilines is 2. The molecule has 5 heteroatoms. The molecule has 2 amide bonds. The van der Waals surface area contributed by atoms with Gasteiger partial charge in [-0.3, -0.25) is 9.59 Å². The first-order valence-corrected chi connectivity index (χ1v) is 10.0. The van der Waals surface area contributed by atoms with Gasteiger partial charge in [0.2, 0.25) is 11.8 Å². The van der Waals surface area contributed by atoms with E-state index >= 15 is 0 Å². The maximum Gasteiger partial charge on any atom is 0.231 e. The van der Waals surface area contributed by atoms with Crippen molar-refractivity contribution >= 4 is 23.2 Å². The molecule has 148 valence electrons. The minimum atomic E-state index is 0.000520. The van der Waals surface area contributed by atoms with Gasteiger partial charge in [-0.15, -0.1) is 0 Å². The summed E-state index contributed by atoms with van der Waals surface area (Å²) in [6.45, 7) is 3.41. The van der Waals surface area contributed by atoms with Crippen LogP contribution in [-0.4, -0.2) is 31.1 Å². The van der Waals surface area contributed by atoms with E-state index in [9.17, 15) is 9.59 Å². The predicted octanol–water partition coefficient (Wildman–Crippen LogP) is 4.18. The van der Waals surface area contributed by atoms with Crippen molar-refractivity contribution in [1.82, 2.24) is 0 Å². The second kappa shape index (κ2) is 10.0. The smallest absolute Gasteiger partial charge is 0.231 e. The van der Waals surface area contributed by atoms with Crippen molar-refractivity contribution in [2.45, 2.75) is 45.1 Å². The van der Waals surface area contributed by atoms with Crippen LogP contribution in [0.4, 0.5) is 11.4 Å². The molecule has 2 aromatic rings. The molecule has 1 aliphatic heterocycles. The molecule has 0 saturated carbocycles. The van der Waals surface area contributed by atoms with Crippen molar-refractivity contribution in [3.05, 3.63) is 60.2 Å². The van der Waals surface area contributed by atoms with Crippen LogP contribution in [0.5, 0.6) is 0 Å². The zero-order chi connectivity index (χ0) is 19.8. The van der Waals surface area contributed by atoms with Crippen LogP contribution in [0.3, 0.4) is 0 Å². The number of likely N-dealkylation sites (N-methyl/N-ethyl adjacent to an activating group) is 1. The summed E-state index contributed by atoms with van der Waals surface area (Å²) in [6, 6.07) is 17.2. The van der Waals surface area contributed by atoms with Crippen molar-refractivity contribution in [2.75, 3.05) is 23.4 Å². The number of nitrogens with one attached hydrogen (secondary N) is 1. The fourth-order valence-electron chi connectivity index (χ4n) is 3.47. The molecule has 5 nitrogen and oxygen atoms in total. The summed E-state index contributed by atoms with van der Waals surface area (Å²) in [5, 5.41) is 2.92. The van der Waals surface area contributed by atoms with Crippen molar-refractivity contribution in [3.8, 4) is 0 Å². The fraction of sp³-hybridized carbons (Fsp3) is 0.391. The highest BCUT2D eigenvalue weighted by Crippen LogP contribution is 2.18. The summed E-state index contributed by atoms with van der Waals surface area (Å²) in [7, 11) is 0. The molecule has 0 radical (unpaired) electrons. The van der Waals surface area contributed by atoms with Crippen molar-refractivity contribution in [1.29, 1.82) is 0 Å². The van der Waals surface area contributed by atoms with Gasteiger partial charge in [-0.1, -0.05) is 30.3 Å². The minimum absolute atomic E-state index is 0.000520. The zero-order valence-corrected chi connectivity index (χ0v) is 16.4. The van der Waals surface area contributed by atoms with Crippen LogP contribution in [0.15, 0.2) is 54.6 Å². The number of carbonyl (C=O) groups excluding carboxylic acids is 2. The van der Waals surface area contributed by atoms with Crippen molar-refractivity contribution in [2.24, 2.45) is 0 Å². The lowest BCUT2D eigenvalue weighted by Gasteiger charge is -2.21. The highest BCUT2D eigenvalue weighted by Gasteiger charge is 2.17. The van der Waals surface area contributed by atoms with Crippen LogP contribution < -0.4 is 10.2 Å². The average molecular weight is 380 g/mol. The fourth-order valence-corrected chi connectivity index (χ4v) is 3.47.